The number of para-hydroxylation sites is 1. The van der Waals surface area contributed by atoms with Crippen molar-refractivity contribution in [2.75, 3.05) is 0 Å². The molecule has 7 rings (SSSR count). The summed E-state index contributed by atoms with van der Waals surface area (Å²) >= 11 is 0. The van der Waals surface area contributed by atoms with Crippen molar-refractivity contribution >= 4 is 32.8 Å². The van der Waals surface area contributed by atoms with E-state index >= 15 is 0 Å². The van der Waals surface area contributed by atoms with Crippen molar-refractivity contribution in [3.63, 3.8) is 0 Å². The van der Waals surface area contributed by atoms with Crippen LogP contribution >= 0.6 is 0 Å². The van der Waals surface area contributed by atoms with Gasteiger partial charge in [-0.15, -0.1) is 15.8 Å². The molecule has 0 unspecified atom stereocenters. The molecule has 0 saturated heterocycles. The van der Waals surface area contributed by atoms with Crippen LogP contribution < -0.4 is 28.7 Å². The Kier molecular flexibility index (Phi) is 9.81. The van der Waals surface area contributed by atoms with E-state index in [4.69, 9.17) is 18.6 Å². The number of benzene rings is 2. The standard InChI is InChI=1S/C19H11N4O.C10H8N2.ClHO4.Ru/c24-14-8-2-1-5-11(14)19-22-17-12-6-3-9-20-15(12)16-13(18(17)23-19)7-4-10-21-16;1-3-7-11-9(5-1)10-6-2-4-8-12-10;2-1(3,4)5;/h1-10H,(H-,20,21,22,23,24);1-8H;(H,2,3,4,5);/q-1;;;+3/p-2. The number of imidazole rings is 1. The second-order valence-corrected chi connectivity index (χ2v) is 9.10. The van der Waals surface area contributed by atoms with Gasteiger partial charge < -0.3 is 10.1 Å². The van der Waals surface area contributed by atoms with E-state index in [1.807, 2.05) is 66.7 Å². The van der Waals surface area contributed by atoms with Gasteiger partial charge >= 0.3 is 19.5 Å². The predicted molar refractivity (Wildman–Crippen MR) is 138 cm³/mol. The van der Waals surface area contributed by atoms with E-state index in [0.29, 0.717) is 11.4 Å². The summed E-state index contributed by atoms with van der Waals surface area (Å²) in [5.74, 6) is 0.356. The molecule has 11 nitrogen and oxygen atoms in total. The minimum atomic E-state index is -4.94. The Hall–Kier alpha value is -4.42. The van der Waals surface area contributed by atoms with Crippen LogP contribution in [0.5, 0.6) is 5.75 Å². The van der Waals surface area contributed by atoms with Crippen LogP contribution in [0.1, 0.15) is 0 Å². The van der Waals surface area contributed by atoms with E-state index in [9.17, 15) is 5.11 Å². The normalized spacial score (nSPS) is 10.8. The Morgan fingerprint density at radius 1 is 0.571 bits per heavy atom. The van der Waals surface area contributed by atoms with Crippen LogP contribution in [0.2, 0.25) is 0 Å². The molecule has 0 N–H and O–H groups in total. The molecule has 0 spiro atoms. The van der Waals surface area contributed by atoms with Crippen LogP contribution in [0.25, 0.3) is 55.6 Å². The third-order valence-electron chi connectivity index (χ3n) is 5.73. The number of hydrogen-bond acceptors (Lipinski definition) is 10. The largest absolute Gasteiger partial charge is 3.00 e. The van der Waals surface area contributed by atoms with Gasteiger partial charge in [0, 0.05) is 29.5 Å². The Balaban J connectivity index is 0.000000189. The van der Waals surface area contributed by atoms with E-state index in [1.165, 1.54) is 6.07 Å². The fourth-order valence-electron chi connectivity index (χ4n) is 4.09. The average Bonchev–Trinajstić information content (AvgIpc) is 3.44. The van der Waals surface area contributed by atoms with Crippen LogP contribution in [0.15, 0.2) is 110 Å². The maximum absolute atomic E-state index is 12.1. The first kappa shape index (κ1) is 30.5. The van der Waals surface area contributed by atoms with Gasteiger partial charge in [0.25, 0.3) is 0 Å². The Morgan fingerprint density at radius 3 is 1.71 bits per heavy atom. The Morgan fingerprint density at radius 2 is 1.12 bits per heavy atom. The van der Waals surface area contributed by atoms with Crippen molar-refractivity contribution in [1.29, 1.82) is 0 Å². The molecule has 0 aliphatic rings. The zero-order chi connectivity index (χ0) is 28.8. The van der Waals surface area contributed by atoms with Crippen molar-refractivity contribution in [2.45, 2.75) is 0 Å². The number of rotatable bonds is 2. The molecular weight excluding hydrogens is 649 g/mol. The number of fused-ring (bicyclic) bond motifs is 6. The minimum Gasteiger partial charge on any atom is -0.872 e. The fraction of sp³-hybridized carbons (Fsp3) is 0. The first-order valence-corrected chi connectivity index (χ1v) is 13.2. The van der Waals surface area contributed by atoms with Crippen LogP contribution in [-0.4, -0.2) is 24.9 Å². The SMILES string of the molecule is [O-][Cl+3]([O-])([O-])[O-].[O-]c1ccccc1-c1nc2c3cccnc3c3[n-]cccc3c2n1.[Ru+3].c1ccc(-c2ccccn2)nc1. The molecule has 0 saturated carbocycles. The molecule has 13 heteroatoms. The van der Waals surface area contributed by atoms with E-state index in [0.717, 1.165) is 44.2 Å². The molecule has 5 aromatic heterocycles. The van der Waals surface area contributed by atoms with Gasteiger partial charge in [-0.2, -0.15) is 6.20 Å². The van der Waals surface area contributed by atoms with Crippen molar-refractivity contribution in [2.24, 2.45) is 0 Å². The minimum absolute atomic E-state index is 0. The molecule has 0 aliphatic carbocycles. The molecule has 0 fully saturated rings. The van der Waals surface area contributed by atoms with Gasteiger partial charge in [-0.1, -0.05) is 54.3 Å². The van der Waals surface area contributed by atoms with Gasteiger partial charge in [0.15, 0.2) is 5.82 Å². The predicted octanol–water partition coefficient (Wildman–Crippen LogP) is 0.414. The molecule has 209 valence electrons. The van der Waals surface area contributed by atoms with Gasteiger partial charge in [-0.3, -0.25) is 15.0 Å². The summed E-state index contributed by atoms with van der Waals surface area (Å²) in [5.41, 5.74) is 5.41. The molecule has 5 heterocycles. The Bertz CT molecular complexity index is 1810. The molecule has 0 bridgehead atoms. The summed E-state index contributed by atoms with van der Waals surface area (Å²) in [4.78, 5) is 26.6. The molecular formula is C29H18ClN6O5Ru. The maximum Gasteiger partial charge on any atom is 3.00 e. The number of aromatic nitrogens is 6. The van der Waals surface area contributed by atoms with Gasteiger partial charge in [0.1, 0.15) is 5.52 Å². The third-order valence-corrected chi connectivity index (χ3v) is 5.73. The van der Waals surface area contributed by atoms with Crippen molar-refractivity contribution in [1.82, 2.24) is 29.9 Å². The van der Waals surface area contributed by atoms with E-state index < -0.39 is 10.2 Å². The smallest absolute Gasteiger partial charge is 0.872 e. The van der Waals surface area contributed by atoms with E-state index in [-0.39, 0.29) is 25.2 Å². The average molecular weight is 667 g/mol. The molecule has 1 radical (unpaired) electrons. The summed E-state index contributed by atoms with van der Waals surface area (Å²) in [6.45, 7) is 0. The molecule has 0 aliphatic heterocycles. The second kappa shape index (κ2) is 13.5. The number of hydrogen-bond donors (Lipinski definition) is 0. The van der Waals surface area contributed by atoms with E-state index in [1.54, 1.807) is 36.9 Å². The first-order chi connectivity index (χ1) is 19.8. The second-order valence-electron chi connectivity index (χ2n) is 8.35. The molecule has 0 amide bonds. The summed E-state index contributed by atoms with van der Waals surface area (Å²) < 4.78 is 34.0. The van der Waals surface area contributed by atoms with Crippen molar-refractivity contribution in [3.8, 4) is 28.5 Å². The third kappa shape index (κ3) is 7.26. The van der Waals surface area contributed by atoms with Gasteiger partial charge in [-0.05, 0) is 41.8 Å². The summed E-state index contributed by atoms with van der Waals surface area (Å²) in [6.07, 6.45) is 7.02. The summed E-state index contributed by atoms with van der Waals surface area (Å²) in [5, 5.41) is 13.9. The first-order valence-electron chi connectivity index (χ1n) is 12.0. The number of halogens is 1. The van der Waals surface area contributed by atoms with Gasteiger partial charge in [0.2, 0.25) is 0 Å². The van der Waals surface area contributed by atoms with Crippen LogP contribution in [-0.2, 0) is 19.5 Å². The topological polar surface area (TPSA) is 194 Å². The Labute approximate surface area is 253 Å². The van der Waals surface area contributed by atoms with Gasteiger partial charge in [0.05, 0.1) is 22.4 Å². The van der Waals surface area contributed by atoms with Crippen molar-refractivity contribution in [3.05, 3.63) is 110 Å². The van der Waals surface area contributed by atoms with Gasteiger partial charge in [-0.25, -0.2) is 28.6 Å². The van der Waals surface area contributed by atoms with Crippen molar-refractivity contribution < 1.29 is 53.5 Å². The maximum atomic E-state index is 12.1. The zero-order valence-corrected chi connectivity index (χ0v) is 23.8. The van der Waals surface area contributed by atoms with E-state index in [2.05, 4.69) is 29.9 Å². The zero-order valence-electron chi connectivity index (χ0n) is 21.3. The monoisotopic (exact) mass is 667 g/mol. The van der Waals surface area contributed by atoms with Crippen LogP contribution in [0.4, 0.5) is 0 Å². The quantitative estimate of drug-likeness (QED) is 0.183. The summed E-state index contributed by atoms with van der Waals surface area (Å²) in [6, 6.07) is 26.1. The molecule has 7 aromatic rings. The molecule has 2 aromatic carbocycles. The van der Waals surface area contributed by atoms with Crippen LogP contribution in [0.3, 0.4) is 0 Å². The molecule has 0 atom stereocenters. The number of pyridine rings is 4. The fourth-order valence-corrected chi connectivity index (χ4v) is 4.09. The summed E-state index contributed by atoms with van der Waals surface area (Å²) in [7, 11) is -4.94. The molecule has 42 heavy (non-hydrogen) atoms. The number of nitrogens with zero attached hydrogens (tertiary/aromatic N) is 6. The van der Waals surface area contributed by atoms with Crippen LogP contribution in [0, 0.1) is 10.2 Å².